The summed E-state index contributed by atoms with van der Waals surface area (Å²) in [5, 5.41) is 9.24. The van der Waals surface area contributed by atoms with Gasteiger partial charge in [0.1, 0.15) is 5.82 Å². The van der Waals surface area contributed by atoms with E-state index in [2.05, 4.69) is 40.5 Å². The summed E-state index contributed by atoms with van der Waals surface area (Å²) < 4.78 is 2.00. The molecule has 4 rings (SSSR count). The van der Waals surface area contributed by atoms with Gasteiger partial charge in [0.25, 0.3) is 0 Å². The molecule has 5 nitrogen and oxygen atoms in total. The number of carbonyl (C=O) groups is 1. The zero-order valence-electron chi connectivity index (χ0n) is 16.7. The van der Waals surface area contributed by atoms with Gasteiger partial charge in [-0.3, -0.25) is 9.36 Å². The maximum atomic E-state index is 12.7. The molecule has 0 radical (unpaired) electrons. The van der Waals surface area contributed by atoms with Crippen LogP contribution in [0.3, 0.4) is 0 Å². The van der Waals surface area contributed by atoms with Crippen molar-refractivity contribution >= 4 is 17.7 Å². The minimum atomic E-state index is 0.188. The second-order valence-corrected chi connectivity index (χ2v) is 8.45. The Morgan fingerprint density at radius 2 is 1.66 bits per heavy atom. The third-order valence-corrected chi connectivity index (χ3v) is 6.38. The van der Waals surface area contributed by atoms with Crippen molar-refractivity contribution in [2.75, 3.05) is 18.8 Å². The molecule has 0 atom stereocenters. The number of likely N-dealkylation sites (tertiary alicyclic amines) is 1. The Morgan fingerprint density at radius 3 is 2.34 bits per heavy atom. The van der Waals surface area contributed by atoms with Crippen molar-refractivity contribution in [3.05, 3.63) is 72.1 Å². The van der Waals surface area contributed by atoms with Crippen molar-refractivity contribution in [1.82, 2.24) is 19.7 Å². The summed E-state index contributed by atoms with van der Waals surface area (Å²) in [5.74, 6) is 2.08. The predicted molar refractivity (Wildman–Crippen MR) is 116 cm³/mol. The lowest BCUT2D eigenvalue weighted by Gasteiger charge is -2.32. The molecule has 0 saturated carbocycles. The number of nitrogens with zero attached hydrogens (tertiary/aromatic N) is 4. The summed E-state index contributed by atoms with van der Waals surface area (Å²) >= 11 is 1.47. The molecule has 1 aromatic heterocycles. The minimum absolute atomic E-state index is 0.188. The molecule has 2 aromatic carbocycles. The Hall–Kier alpha value is -2.60. The molecule has 1 amide bonds. The molecule has 3 aromatic rings. The van der Waals surface area contributed by atoms with E-state index < -0.39 is 0 Å². The number of aromatic nitrogens is 3. The van der Waals surface area contributed by atoms with Gasteiger partial charge in [-0.1, -0.05) is 60.3 Å². The zero-order valence-corrected chi connectivity index (χ0v) is 17.5. The highest BCUT2D eigenvalue weighted by molar-refractivity contribution is 7.99. The largest absolute Gasteiger partial charge is 0.342 e. The highest BCUT2D eigenvalue weighted by Crippen LogP contribution is 2.25. The molecular formula is C23H26N4OS. The fourth-order valence-corrected chi connectivity index (χ4v) is 4.76. The quantitative estimate of drug-likeness (QED) is 0.577. The van der Waals surface area contributed by atoms with Crippen LogP contribution >= 0.6 is 11.8 Å². The lowest BCUT2D eigenvalue weighted by molar-refractivity contribution is -0.129. The molecule has 2 heterocycles. The van der Waals surface area contributed by atoms with Crippen molar-refractivity contribution in [2.45, 2.75) is 31.3 Å². The topological polar surface area (TPSA) is 51.0 Å². The van der Waals surface area contributed by atoms with E-state index in [1.54, 1.807) is 0 Å². The smallest absolute Gasteiger partial charge is 0.233 e. The maximum Gasteiger partial charge on any atom is 0.233 e. The number of hydrogen-bond donors (Lipinski definition) is 0. The normalized spacial score (nSPS) is 14.9. The van der Waals surface area contributed by atoms with E-state index in [0.717, 1.165) is 49.0 Å². The van der Waals surface area contributed by atoms with Gasteiger partial charge in [-0.15, -0.1) is 10.2 Å². The fourth-order valence-electron chi connectivity index (χ4n) is 3.86. The van der Waals surface area contributed by atoms with Crippen LogP contribution in [0.15, 0.2) is 65.8 Å². The summed E-state index contributed by atoms with van der Waals surface area (Å²) in [6.45, 7) is 3.63. The van der Waals surface area contributed by atoms with Crippen LogP contribution < -0.4 is 0 Å². The van der Waals surface area contributed by atoms with Gasteiger partial charge < -0.3 is 4.90 Å². The van der Waals surface area contributed by atoms with Crippen LogP contribution in [0.5, 0.6) is 0 Å². The first-order chi connectivity index (χ1) is 14.2. The molecule has 29 heavy (non-hydrogen) atoms. The monoisotopic (exact) mass is 406 g/mol. The Bertz CT molecular complexity index is 934. The van der Waals surface area contributed by atoms with Crippen molar-refractivity contribution in [3.8, 4) is 5.69 Å². The third kappa shape index (κ3) is 4.88. The summed E-state index contributed by atoms with van der Waals surface area (Å²) in [5.41, 5.74) is 2.41. The number of para-hydroxylation sites is 1. The fraction of sp³-hybridized carbons (Fsp3) is 0.348. The van der Waals surface area contributed by atoms with Gasteiger partial charge in [-0.2, -0.15) is 0 Å². The van der Waals surface area contributed by atoms with Crippen molar-refractivity contribution in [3.63, 3.8) is 0 Å². The molecule has 1 fully saturated rings. The average Bonchev–Trinajstić information content (AvgIpc) is 3.14. The number of carbonyl (C=O) groups excluding carboxylic acids is 1. The van der Waals surface area contributed by atoms with Gasteiger partial charge in [-0.25, -0.2) is 0 Å². The first-order valence-electron chi connectivity index (χ1n) is 10.1. The summed E-state index contributed by atoms with van der Waals surface area (Å²) in [6, 6.07) is 20.7. The van der Waals surface area contributed by atoms with Crippen LogP contribution in [0.4, 0.5) is 0 Å². The van der Waals surface area contributed by atoms with E-state index in [1.165, 1.54) is 17.3 Å². The molecule has 0 bridgehead atoms. The molecule has 1 aliphatic heterocycles. The van der Waals surface area contributed by atoms with Crippen LogP contribution in [0.25, 0.3) is 5.69 Å². The standard InChI is InChI=1S/C23H26N4OS/c1-18-24-25-23(27(18)21-10-6-3-7-11-21)29-17-22(28)26-14-12-20(13-15-26)16-19-8-4-2-5-9-19/h2-11,20H,12-17H2,1H3. The molecule has 0 N–H and O–H groups in total. The van der Waals surface area contributed by atoms with E-state index in [1.807, 2.05) is 46.7 Å². The van der Waals surface area contributed by atoms with E-state index in [0.29, 0.717) is 11.7 Å². The number of aryl methyl sites for hydroxylation is 1. The second kappa shape index (κ2) is 9.27. The Morgan fingerprint density at radius 1 is 1.00 bits per heavy atom. The van der Waals surface area contributed by atoms with Crippen molar-refractivity contribution < 1.29 is 4.79 Å². The van der Waals surface area contributed by atoms with E-state index >= 15 is 0 Å². The Balaban J connectivity index is 1.30. The van der Waals surface area contributed by atoms with Gasteiger partial charge in [0.2, 0.25) is 5.91 Å². The summed E-state index contributed by atoms with van der Waals surface area (Å²) in [6.07, 6.45) is 3.26. The van der Waals surface area contributed by atoms with E-state index in [9.17, 15) is 4.79 Å². The summed E-state index contributed by atoms with van der Waals surface area (Å²) in [4.78, 5) is 14.7. The summed E-state index contributed by atoms with van der Waals surface area (Å²) in [7, 11) is 0. The molecule has 6 heteroatoms. The van der Waals surface area contributed by atoms with Crippen LogP contribution in [-0.2, 0) is 11.2 Å². The molecule has 1 saturated heterocycles. The van der Waals surface area contributed by atoms with Gasteiger partial charge in [0.15, 0.2) is 5.16 Å². The highest BCUT2D eigenvalue weighted by atomic mass is 32.2. The Labute approximate surface area is 176 Å². The molecule has 0 aliphatic carbocycles. The molecular weight excluding hydrogens is 380 g/mol. The lowest BCUT2D eigenvalue weighted by atomic mass is 9.90. The predicted octanol–water partition coefficient (Wildman–Crippen LogP) is 4.15. The molecule has 0 unspecified atom stereocenters. The first kappa shape index (κ1) is 19.7. The molecule has 150 valence electrons. The number of thioether (sulfide) groups is 1. The number of piperidine rings is 1. The third-order valence-electron chi connectivity index (χ3n) is 5.47. The maximum absolute atomic E-state index is 12.7. The van der Waals surface area contributed by atoms with E-state index in [-0.39, 0.29) is 5.91 Å². The van der Waals surface area contributed by atoms with Crippen molar-refractivity contribution in [1.29, 1.82) is 0 Å². The van der Waals surface area contributed by atoms with Gasteiger partial charge in [0.05, 0.1) is 5.75 Å². The van der Waals surface area contributed by atoms with E-state index in [4.69, 9.17) is 0 Å². The van der Waals surface area contributed by atoms with Crippen LogP contribution in [0, 0.1) is 12.8 Å². The second-order valence-electron chi connectivity index (χ2n) is 7.50. The number of benzene rings is 2. The SMILES string of the molecule is Cc1nnc(SCC(=O)N2CCC(Cc3ccccc3)CC2)n1-c1ccccc1. The van der Waals surface area contributed by atoms with Gasteiger partial charge in [-0.05, 0) is 49.8 Å². The first-order valence-corrected chi connectivity index (χ1v) is 11.1. The van der Waals surface area contributed by atoms with Crippen molar-refractivity contribution in [2.24, 2.45) is 5.92 Å². The van der Waals surface area contributed by atoms with Crippen LogP contribution in [0.2, 0.25) is 0 Å². The Kier molecular flexibility index (Phi) is 6.30. The number of hydrogen-bond acceptors (Lipinski definition) is 4. The van der Waals surface area contributed by atoms with Crippen LogP contribution in [0.1, 0.15) is 24.2 Å². The number of amides is 1. The number of rotatable bonds is 6. The van der Waals surface area contributed by atoms with Crippen LogP contribution in [-0.4, -0.2) is 44.4 Å². The average molecular weight is 407 g/mol. The molecule has 1 aliphatic rings. The highest BCUT2D eigenvalue weighted by Gasteiger charge is 2.23. The zero-order chi connectivity index (χ0) is 20.1. The minimum Gasteiger partial charge on any atom is -0.342 e. The lowest BCUT2D eigenvalue weighted by Crippen LogP contribution is -2.39. The van der Waals surface area contributed by atoms with Gasteiger partial charge in [0, 0.05) is 18.8 Å². The van der Waals surface area contributed by atoms with Gasteiger partial charge >= 0.3 is 0 Å². The molecule has 0 spiro atoms.